The van der Waals surface area contributed by atoms with Crippen LogP contribution in [0.4, 0.5) is 0 Å². The highest BCUT2D eigenvalue weighted by molar-refractivity contribution is 5.76. The lowest BCUT2D eigenvalue weighted by Gasteiger charge is -2.31. The number of nitrogens with zero attached hydrogens (tertiary/aromatic N) is 4. The van der Waals surface area contributed by atoms with Gasteiger partial charge in [-0.25, -0.2) is 0 Å². The van der Waals surface area contributed by atoms with Gasteiger partial charge in [0.05, 0.1) is 24.5 Å². The highest BCUT2D eigenvalue weighted by atomic mass is 16.3. The van der Waals surface area contributed by atoms with Gasteiger partial charge >= 0.3 is 0 Å². The zero-order valence-electron chi connectivity index (χ0n) is 14.4. The second-order valence-corrected chi connectivity index (χ2v) is 6.87. The summed E-state index contributed by atoms with van der Waals surface area (Å²) in [7, 11) is 0. The van der Waals surface area contributed by atoms with Gasteiger partial charge in [0.2, 0.25) is 5.91 Å². The van der Waals surface area contributed by atoms with E-state index in [0.29, 0.717) is 6.42 Å². The first kappa shape index (κ1) is 16.3. The summed E-state index contributed by atoms with van der Waals surface area (Å²) in [6.45, 7) is 4.83. The Bertz CT molecular complexity index is 771. The van der Waals surface area contributed by atoms with Crippen LogP contribution in [0.25, 0.3) is 0 Å². The van der Waals surface area contributed by atoms with Crippen molar-refractivity contribution in [2.45, 2.75) is 39.1 Å². The fourth-order valence-electron chi connectivity index (χ4n) is 3.77. The maximum absolute atomic E-state index is 12.6. The molecule has 6 heteroatoms. The molecule has 1 N–H and O–H groups in total. The standard InChI is InChI=1S/C19H24N4O2/c24-14-17-11-18-13-21(9-10-23(18)20-17)7-6-19(25)22-8-5-15-3-1-2-4-16(15)12-22/h1-4,11,24H,5-10,12-14H2. The molecule has 0 fully saturated rings. The van der Waals surface area contributed by atoms with Crippen molar-refractivity contribution in [2.24, 2.45) is 0 Å². The van der Waals surface area contributed by atoms with Crippen molar-refractivity contribution in [1.82, 2.24) is 19.6 Å². The third-order valence-electron chi connectivity index (χ3n) is 5.21. The molecule has 0 atom stereocenters. The van der Waals surface area contributed by atoms with Crippen LogP contribution in [-0.2, 0) is 37.5 Å². The van der Waals surface area contributed by atoms with Gasteiger partial charge in [0, 0.05) is 39.1 Å². The van der Waals surface area contributed by atoms with Gasteiger partial charge in [-0.15, -0.1) is 0 Å². The molecule has 0 bridgehead atoms. The third kappa shape index (κ3) is 3.45. The molecule has 3 heterocycles. The predicted molar refractivity (Wildman–Crippen MR) is 93.6 cm³/mol. The molecular weight excluding hydrogens is 316 g/mol. The average molecular weight is 340 g/mol. The molecule has 25 heavy (non-hydrogen) atoms. The third-order valence-corrected chi connectivity index (χ3v) is 5.21. The molecule has 6 nitrogen and oxygen atoms in total. The Morgan fingerprint density at radius 1 is 1.12 bits per heavy atom. The van der Waals surface area contributed by atoms with E-state index in [0.717, 1.165) is 57.1 Å². The Kier molecular flexibility index (Phi) is 4.55. The summed E-state index contributed by atoms with van der Waals surface area (Å²) in [6, 6.07) is 10.4. The molecule has 0 spiro atoms. The molecule has 0 saturated heterocycles. The van der Waals surface area contributed by atoms with E-state index in [9.17, 15) is 9.90 Å². The maximum atomic E-state index is 12.6. The van der Waals surface area contributed by atoms with Gasteiger partial charge in [0.25, 0.3) is 0 Å². The minimum Gasteiger partial charge on any atom is -0.390 e. The molecular formula is C19H24N4O2. The Hall–Kier alpha value is -2.18. The molecule has 0 aliphatic carbocycles. The van der Waals surface area contributed by atoms with Gasteiger partial charge in [-0.1, -0.05) is 24.3 Å². The minimum absolute atomic E-state index is 0.0189. The van der Waals surface area contributed by atoms with Gasteiger partial charge in [-0.05, 0) is 23.6 Å². The van der Waals surface area contributed by atoms with Crippen LogP contribution in [0.1, 0.15) is 28.9 Å². The number of carbonyl (C=O) groups excluding carboxylic acids is 1. The second kappa shape index (κ2) is 6.98. The highest BCUT2D eigenvalue weighted by Crippen LogP contribution is 2.19. The van der Waals surface area contributed by atoms with E-state index in [-0.39, 0.29) is 12.5 Å². The van der Waals surface area contributed by atoms with Crippen LogP contribution in [0, 0.1) is 0 Å². The molecule has 0 saturated carbocycles. The quantitative estimate of drug-likeness (QED) is 0.907. The Morgan fingerprint density at radius 2 is 1.96 bits per heavy atom. The zero-order chi connectivity index (χ0) is 17.2. The van der Waals surface area contributed by atoms with Gasteiger partial charge in [0.15, 0.2) is 0 Å². The number of benzene rings is 1. The largest absolute Gasteiger partial charge is 0.390 e. The summed E-state index contributed by atoms with van der Waals surface area (Å²) >= 11 is 0. The second-order valence-electron chi connectivity index (χ2n) is 6.87. The maximum Gasteiger partial charge on any atom is 0.224 e. The number of aliphatic hydroxyl groups excluding tert-OH is 1. The Labute approximate surface area is 147 Å². The zero-order valence-corrected chi connectivity index (χ0v) is 14.4. The first-order valence-corrected chi connectivity index (χ1v) is 8.96. The monoisotopic (exact) mass is 340 g/mol. The summed E-state index contributed by atoms with van der Waals surface area (Å²) in [5, 5.41) is 13.6. The lowest BCUT2D eigenvalue weighted by atomic mass is 10.00. The van der Waals surface area contributed by atoms with E-state index >= 15 is 0 Å². The summed E-state index contributed by atoms with van der Waals surface area (Å²) in [5.41, 5.74) is 4.49. The van der Waals surface area contributed by atoms with Crippen molar-refractivity contribution in [3.63, 3.8) is 0 Å². The lowest BCUT2D eigenvalue weighted by Crippen LogP contribution is -2.39. The van der Waals surface area contributed by atoms with Crippen molar-refractivity contribution in [1.29, 1.82) is 0 Å². The van der Waals surface area contributed by atoms with Crippen LogP contribution in [0.5, 0.6) is 0 Å². The molecule has 0 radical (unpaired) electrons. The molecule has 1 amide bonds. The summed E-state index contributed by atoms with van der Waals surface area (Å²) < 4.78 is 1.96. The van der Waals surface area contributed by atoms with Gasteiger partial charge < -0.3 is 10.0 Å². The molecule has 2 aliphatic rings. The van der Waals surface area contributed by atoms with Crippen LogP contribution in [0.3, 0.4) is 0 Å². The molecule has 1 aromatic heterocycles. The van der Waals surface area contributed by atoms with Crippen molar-refractivity contribution in [3.05, 3.63) is 52.8 Å². The summed E-state index contributed by atoms with van der Waals surface area (Å²) in [4.78, 5) is 16.9. The van der Waals surface area contributed by atoms with Crippen LogP contribution in [0.2, 0.25) is 0 Å². The predicted octanol–water partition coefficient (Wildman–Crippen LogP) is 1.17. The van der Waals surface area contributed by atoms with Crippen LogP contribution in [0.15, 0.2) is 30.3 Å². The molecule has 2 aromatic rings. The number of hydrogen-bond donors (Lipinski definition) is 1. The van der Waals surface area contributed by atoms with E-state index in [2.05, 4.69) is 28.2 Å². The number of hydrogen-bond acceptors (Lipinski definition) is 4. The molecule has 1 aromatic carbocycles. The van der Waals surface area contributed by atoms with Gasteiger partial charge in [-0.2, -0.15) is 5.10 Å². The highest BCUT2D eigenvalue weighted by Gasteiger charge is 2.22. The Balaban J connectivity index is 1.31. The average Bonchev–Trinajstić information content (AvgIpc) is 3.08. The van der Waals surface area contributed by atoms with E-state index in [1.807, 2.05) is 21.7 Å². The first-order chi connectivity index (χ1) is 12.2. The van der Waals surface area contributed by atoms with Crippen LogP contribution < -0.4 is 0 Å². The number of carbonyl (C=O) groups is 1. The van der Waals surface area contributed by atoms with Crippen molar-refractivity contribution in [3.8, 4) is 0 Å². The van der Waals surface area contributed by atoms with Gasteiger partial charge in [-0.3, -0.25) is 14.4 Å². The summed E-state index contributed by atoms with van der Waals surface area (Å²) in [6.07, 6.45) is 1.51. The van der Waals surface area contributed by atoms with Crippen LogP contribution in [-0.4, -0.2) is 50.2 Å². The normalized spacial score (nSPS) is 17.2. The molecule has 4 rings (SSSR count). The number of rotatable bonds is 4. The SMILES string of the molecule is O=C(CCN1CCn2nc(CO)cc2C1)N1CCc2ccccc2C1. The minimum atomic E-state index is -0.0189. The fourth-order valence-corrected chi connectivity index (χ4v) is 3.77. The molecule has 2 aliphatic heterocycles. The van der Waals surface area contributed by atoms with E-state index in [1.165, 1.54) is 11.1 Å². The number of fused-ring (bicyclic) bond motifs is 2. The molecule has 0 unspecified atom stereocenters. The lowest BCUT2D eigenvalue weighted by molar-refractivity contribution is -0.132. The van der Waals surface area contributed by atoms with E-state index < -0.39 is 0 Å². The first-order valence-electron chi connectivity index (χ1n) is 8.96. The van der Waals surface area contributed by atoms with Crippen LogP contribution >= 0.6 is 0 Å². The van der Waals surface area contributed by atoms with Gasteiger partial charge in [0.1, 0.15) is 0 Å². The fraction of sp³-hybridized carbons (Fsp3) is 0.474. The topological polar surface area (TPSA) is 61.6 Å². The van der Waals surface area contributed by atoms with Crippen molar-refractivity contribution >= 4 is 5.91 Å². The van der Waals surface area contributed by atoms with Crippen molar-refractivity contribution in [2.75, 3.05) is 19.6 Å². The number of amides is 1. The number of aromatic nitrogens is 2. The van der Waals surface area contributed by atoms with E-state index in [4.69, 9.17) is 0 Å². The number of aliphatic hydroxyl groups is 1. The summed E-state index contributed by atoms with van der Waals surface area (Å²) in [5.74, 6) is 0.240. The smallest absolute Gasteiger partial charge is 0.224 e. The Morgan fingerprint density at radius 3 is 2.80 bits per heavy atom. The van der Waals surface area contributed by atoms with Crippen molar-refractivity contribution < 1.29 is 9.90 Å². The molecule has 132 valence electrons. The van der Waals surface area contributed by atoms with E-state index in [1.54, 1.807) is 0 Å².